The van der Waals surface area contributed by atoms with E-state index in [1.807, 2.05) is 0 Å². The predicted octanol–water partition coefficient (Wildman–Crippen LogP) is 3.71. The fraction of sp³-hybridized carbons (Fsp3) is 0.474. The molecule has 34 heavy (non-hydrogen) atoms. The molecule has 0 bridgehead atoms. The molecule has 0 aliphatic carbocycles. The van der Waals surface area contributed by atoms with E-state index in [9.17, 15) is 39.6 Å². The van der Waals surface area contributed by atoms with E-state index < -0.39 is 51.8 Å². The van der Waals surface area contributed by atoms with Gasteiger partial charge in [-0.1, -0.05) is 0 Å². The number of hydrogen-bond donors (Lipinski definition) is 0. The van der Waals surface area contributed by atoms with Crippen molar-refractivity contribution in [2.45, 2.75) is 43.5 Å². The van der Waals surface area contributed by atoms with Gasteiger partial charge in [0.2, 0.25) is 0 Å². The number of carbonyl (C=O) groups is 1. The molecular weight excluding hydrogens is 494 g/mol. The van der Waals surface area contributed by atoms with E-state index in [0.29, 0.717) is 30.8 Å². The highest BCUT2D eigenvalue weighted by Crippen LogP contribution is 2.36. The second kappa shape index (κ2) is 9.09. The molecule has 188 valence electrons. The highest BCUT2D eigenvalue weighted by molar-refractivity contribution is 7.89. The third-order valence-corrected chi connectivity index (χ3v) is 6.69. The summed E-state index contributed by atoms with van der Waals surface area (Å²) in [6.45, 7) is -0.466. The molecule has 0 saturated carbocycles. The monoisotopic (exact) mass is 514 g/mol. The van der Waals surface area contributed by atoms with Crippen LogP contribution in [-0.4, -0.2) is 54.1 Å². The van der Waals surface area contributed by atoms with Gasteiger partial charge < -0.3 is 9.64 Å². The molecule has 0 spiro atoms. The van der Waals surface area contributed by atoms with Gasteiger partial charge >= 0.3 is 18.4 Å². The number of carbonyl (C=O) groups excluding carboxylic acids is 1. The van der Waals surface area contributed by atoms with Crippen LogP contribution in [0.25, 0.3) is 0 Å². The molecule has 1 aromatic carbocycles. The van der Waals surface area contributed by atoms with Gasteiger partial charge in [0.1, 0.15) is 6.61 Å². The maximum absolute atomic E-state index is 13.0. The van der Waals surface area contributed by atoms with Crippen LogP contribution in [0.15, 0.2) is 29.3 Å². The molecule has 2 aromatic rings. The highest BCUT2D eigenvalue weighted by atomic mass is 32.2. The number of ether oxygens (including phenoxy) is 1. The molecule has 0 fully saturated rings. The molecule has 1 aliphatic heterocycles. The first-order chi connectivity index (χ1) is 15.6. The largest absolute Gasteiger partial charge is 0.445 e. The van der Waals surface area contributed by atoms with E-state index >= 15 is 0 Å². The molecule has 0 N–H and O–H groups in total. The first-order valence-corrected chi connectivity index (χ1v) is 11.2. The van der Waals surface area contributed by atoms with Gasteiger partial charge in [-0.05, 0) is 30.2 Å². The number of benzene rings is 1. The van der Waals surface area contributed by atoms with Gasteiger partial charge in [0.15, 0.2) is 5.03 Å². The lowest BCUT2D eigenvalue weighted by Crippen LogP contribution is -2.31. The standard InChI is InChI=1S/C19H20F6N4O4S/c1-27(2)34(31,32)16-9-15-10-28(4-3-5-29(15)26-16)17(30)33-11-12-6-13(18(20,21)22)8-14(7-12)19(23,24)25/h6-9H,3-5,10-11H2,1-2H3. The molecule has 1 aromatic heterocycles. The van der Waals surface area contributed by atoms with Crippen LogP contribution in [0.5, 0.6) is 0 Å². The van der Waals surface area contributed by atoms with Crippen LogP contribution in [0.1, 0.15) is 28.8 Å². The molecule has 2 heterocycles. The fourth-order valence-corrected chi connectivity index (χ4v) is 4.10. The van der Waals surface area contributed by atoms with E-state index in [1.165, 1.54) is 29.7 Å². The molecule has 8 nitrogen and oxygen atoms in total. The molecular formula is C19H20F6N4O4S. The van der Waals surface area contributed by atoms with Crippen LogP contribution >= 0.6 is 0 Å². The number of amides is 1. The Morgan fingerprint density at radius 3 is 2.15 bits per heavy atom. The van der Waals surface area contributed by atoms with Crippen LogP contribution in [0.3, 0.4) is 0 Å². The van der Waals surface area contributed by atoms with Crippen molar-refractivity contribution in [2.75, 3.05) is 20.6 Å². The van der Waals surface area contributed by atoms with E-state index in [2.05, 4.69) is 5.10 Å². The average molecular weight is 514 g/mol. The smallest absolute Gasteiger partial charge is 0.416 e. The molecule has 0 unspecified atom stereocenters. The summed E-state index contributed by atoms with van der Waals surface area (Å²) in [6.07, 6.45) is -10.6. The van der Waals surface area contributed by atoms with Crippen LogP contribution < -0.4 is 0 Å². The fourth-order valence-electron chi connectivity index (χ4n) is 3.24. The zero-order chi connectivity index (χ0) is 25.5. The first-order valence-electron chi connectivity index (χ1n) is 9.78. The van der Waals surface area contributed by atoms with Crippen molar-refractivity contribution in [1.29, 1.82) is 0 Å². The van der Waals surface area contributed by atoms with Crippen molar-refractivity contribution in [2.24, 2.45) is 0 Å². The summed E-state index contributed by atoms with van der Waals surface area (Å²) in [5.41, 5.74) is -3.12. The Labute approximate surface area is 190 Å². The quantitative estimate of drug-likeness (QED) is 0.581. The lowest BCUT2D eigenvalue weighted by molar-refractivity contribution is -0.143. The topological polar surface area (TPSA) is 84.7 Å². The van der Waals surface area contributed by atoms with Gasteiger partial charge in [0, 0.05) is 33.3 Å². The zero-order valence-electron chi connectivity index (χ0n) is 17.9. The second-order valence-corrected chi connectivity index (χ2v) is 9.83. The Hall–Kier alpha value is -2.81. The SMILES string of the molecule is CN(C)S(=O)(=O)c1cc2n(n1)CCCN(C(=O)OCc1cc(C(F)(F)F)cc(C(F)(F)F)c1)C2. The predicted molar refractivity (Wildman–Crippen MR) is 105 cm³/mol. The van der Waals surface area contributed by atoms with E-state index in [-0.39, 0.29) is 24.2 Å². The van der Waals surface area contributed by atoms with Crippen molar-refractivity contribution >= 4 is 16.1 Å². The third-order valence-electron chi connectivity index (χ3n) is 5.00. The lowest BCUT2D eigenvalue weighted by Gasteiger charge is -2.20. The summed E-state index contributed by atoms with van der Waals surface area (Å²) in [5, 5.41) is 3.84. The van der Waals surface area contributed by atoms with Crippen LogP contribution in [0.4, 0.5) is 31.1 Å². The van der Waals surface area contributed by atoms with Crippen molar-refractivity contribution in [3.05, 3.63) is 46.6 Å². The molecule has 0 atom stereocenters. The van der Waals surface area contributed by atoms with Gasteiger partial charge in [0.05, 0.1) is 23.4 Å². The van der Waals surface area contributed by atoms with Crippen LogP contribution in [0, 0.1) is 0 Å². The van der Waals surface area contributed by atoms with Crippen molar-refractivity contribution < 1.29 is 44.3 Å². The summed E-state index contributed by atoms with van der Waals surface area (Å²) >= 11 is 0. The summed E-state index contributed by atoms with van der Waals surface area (Å²) in [5.74, 6) is 0. The number of sulfonamides is 1. The number of nitrogens with zero attached hydrogens (tertiary/aromatic N) is 4. The number of fused-ring (bicyclic) bond motifs is 1. The van der Waals surface area contributed by atoms with E-state index in [1.54, 1.807) is 0 Å². The van der Waals surface area contributed by atoms with Gasteiger partial charge in [0.25, 0.3) is 10.0 Å². The Morgan fingerprint density at radius 1 is 1.03 bits per heavy atom. The molecule has 1 amide bonds. The number of hydrogen-bond acceptors (Lipinski definition) is 5. The molecule has 0 saturated heterocycles. The van der Waals surface area contributed by atoms with E-state index in [4.69, 9.17) is 4.74 Å². The Kier molecular flexibility index (Phi) is 6.90. The molecule has 1 aliphatic rings. The highest BCUT2D eigenvalue weighted by Gasteiger charge is 2.37. The second-order valence-electron chi connectivity index (χ2n) is 7.73. The maximum Gasteiger partial charge on any atom is 0.416 e. The summed E-state index contributed by atoms with van der Waals surface area (Å²) in [6, 6.07) is 2.25. The van der Waals surface area contributed by atoms with Crippen LogP contribution in [0.2, 0.25) is 0 Å². The van der Waals surface area contributed by atoms with Gasteiger partial charge in [-0.2, -0.15) is 31.4 Å². The third kappa shape index (κ3) is 5.63. The minimum absolute atomic E-state index is 0.0133. The van der Waals surface area contributed by atoms with Crippen molar-refractivity contribution in [3.63, 3.8) is 0 Å². The Morgan fingerprint density at radius 2 is 1.62 bits per heavy atom. The number of aryl methyl sites for hydroxylation is 1. The minimum Gasteiger partial charge on any atom is -0.445 e. The summed E-state index contributed by atoms with van der Waals surface area (Å²) in [4.78, 5) is 13.7. The normalized spacial score (nSPS) is 15.3. The molecule has 15 heteroatoms. The number of halogens is 6. The van der Waals surface area contributed by atoms with Gasteiger partial charge in [-0.25, -0.2) is 17.5 Å². The van der Waals surface area contributed by atoms with Crippen molar-refractivity contribution in [1.82, 2.24) is 19.0 Å². The average Bonchev–Trinajstić information content (AvgIpc) is 3.02. The Balaban J connectivity index is 1.76. The lowest BCUT2D eigenvalue weighted by atomic mass is 10.1. The summed E-state index contributed by atoms with van der Waals surface area (Å²) in [7, 11) is -1.15. The first kappa shape index (κ1) is 25.8. The van der Waals surface area contributed by atoms with Crippen LogP contribution in [-0.2, 0) is 46.8 Å². The van der Waals surface area contributed by atoms with Gasteiger partial charge in [-0.3, -0.25) is 4.68 Å². The zero-order valence-corrected chi connectivity index (χ0v) is 18.8. The summed E-state index contributed by atoms with van der Waals surface area (Å²) < 4.78 is 110. The Bertz CT molecular complexity index is 1140. The maximum atomic E-state index is 13.0. The number of alkyl halides is 6. The number of aromatic nitrogens is 2. The van der Waals surface area contributed by atoms with E-state index in [0.717, 1.165) is 4.31 Å². The minimum atomic E-state index is -5.02. The molecule has 3 rings (SSSR count). The van der Waals surface area contributed by atoms with Crippen molar-refractivity contribution in [3.8, 4) is 0 Å². The molecule has 0 radical (unpaired) electrons. The number of rotatable bonds is 4. The van der Waals surface area contributed by atoms with Gasteiger partial charge in [-0.15, -0.1) is 0 Å².